The van der Waals surface area contributed by atoms with Crippen molar-refractivity contribution in [3.05, 3.63) is 35.9 Å². The summed E-state index contributed by atoms with van der Waals surface area (Å²) in [6, 6.07) is 9.23. The van der Waals surface area contributed by atoms with Crippen molar-refractivity contribution in [1.29, 1.82) is 0 Å². The highest BCUT2D eigenvalue weighted by Gasteiger charge is 2.22. The second-order valence-electron chi connectivity index (χ2n) is 3.79. The van der Waals surface area contributed by atoms with E-state index in [1.165, 1.54) is 0 Å². The zero-order chi connectivity index (χ0) is 11.8. The molecule has 0 saturated carbocycles. The van der Waals surface area contributed by atoms with Crippen LogP contribution in [0.5, 0.6) is 5.75 Å². The van der Waals surface area contributed by atoms with E-state index in [1.807, 2.05) is 24.3 Å². The maximum atomic E-state index is 11.7. The largest absolute Gasteiger partial charge is 0.480 e. The van der Waals surface area contributed by atoms with E-state index in [1.54, 1.807) is 6.07 Å². The Morgan fingerprint density at radius 1 is 1.29 bits per heavy atom. The number of nitrogens with one attached hydrogen (secondary N) is 1. The highest BCUT2D eigenvalue weighted by molar-refractivity contribution is 6.24. The van der Waals surface area contributed by atoms with Crippen LogP contribution in [-0.4, -0.2) is 12.5 Å². The molecule has 0 radical (unpaired) electrons. The molecule has 1 aliphatic rings. The third-order valence-corrected chi connectivity index (χ3v) is 2.80. The molecule has 1 aliphatic heterocycles. The van der Waals surface area contributed by atoms with Gasteiger partial charge in [-0.1, -0.05) is 18.1 Å². The molecule has 1 heterocycles. The van der Waals surface area contributed by atoms with E-state index in [4.69, 9.17) is 11.2 Å². The smallest absolute Gasteiger partial charge is 0.256 e. The molecular formula is C14H9NO2. The van der Waals surface area contributed by atoms with Gasteiger partial charge >= 0.3 is 0 Å². The lowest BCUT2D eigenvalue weighted by Gasteiger charge is -2.07. The molecule has 0 bridgehead atoms. The molecule has 0 atom stereocenters. The van der Waals surface area contributed by atoms with Gasteiger partial charge in [0.1, 0.15) is 12.4 Å². The molecule has 0 saturated heterocycles. The van der Waals surface area contributed by atoms with Crippen LogP contribution in [0.1, 0.15) is 10.4 Å². The van der Waals surface area contributed by atoms with Gasteiger partial charge < -0.3 is 10.1 Å². The number of ether oxygens (including phenoxy) is 1. The second-order valence-corrected chi connectivity index (χ2v) is 3.79. The number of terminal acetylenes is 1. The molecule has 82 valence electrons. The maximum Gasteiger partial charge on any atom is 0.256 e. The number of hydrogen-bond donors (Lipinski definition) is 1. The van der Waals surface area contributed by atoms with E-state index in [9.17, 15) is 4.79 Å². The van der Waals surface area contributed by atoms with Crippen LogP contribution in [0.2, 0.25) is 0 Å². The van der Waals surface area contributed by atoms with Crippen LogP contribution in [0.15, 0.2) is 30.3 Å². The summed E-state index contributed by atoms with van der Waals surface area (Å²) >= 11 is 0. The number of amides is 1. The van der Waals surface area contributed by atoms with E-state index in [0.29, 0.717) is 11.3 Å². The molecule has 17 heavy (non-hydrogen) atoms. The van der Waals surface area contributed by atoms with Crippen LogP contribution in [0.25, 0.3) is 10.8 Å². The molecule has 2 aromatic rings. The van der Waals surface area contributed by atoms with Gasteiger partial charge in [0.05, 0.1) is 0 Å². The summed E-state index contributed by atoms with van der Waals surface area (Å²) < 4.78 is 5.47. The van der Waals surface area contributed by atoms with Gasteiger partial charge in [-0.05, 0) is 18.2 Å². The summed E-state index contributed by atoms with van der Waals surface area (Å²) in [5, 5.41) is 4.64. The van der Waals surface area contributed by atoms with E-state index in [2.05, 4.69) is 11.2 Å². The Hall–Kier alpha value is -2.47. The van der Waals surface area contributed by atoms with Crippen LogP contribution in [-0.2, 0) is 0 Å². The second kappa shape index (κ2) is 3.53. The Labute approximate surface area is 98.4 Å². The van der Waals surface area contributed by atoms with Crippen molar-refractivity contribution in [2.24, 2.45) is 0 Å². The highest BCUT2D eigenvalue weighted by atomic mass is 16.5. The fourth-order valence-corrected chi connectivity index (χ4v) is 2.11. The first-order valence-electron chi connectivity index (χ1n) is 5.24. The first kappa shape index (κ1) is 9.73. The van der Waals surface area contributed by atoms with E-state index < -0.39 is 0 Å². The number of anilines is 1. The predicted octanol–water partition coefficient (Wildman–Crippen LogP) is 2.42. The number of carbonyl (C=O) groups is 1. The summed E-state index contributed by atoms with van der Waals surface area (Å²) in [4.78, 5) is 11.7. The van der Waals surface area contributed by atoms with Crippen molar-refractivity contribution in [3.8, 4) is 18.1 Å². The third kappa shape index (κ3) is 1.35. The Kier molecular flexibility index (Phi) is 2.02. The van der Waals surface area contributed by atoms with E-state index >= 15 is 0 Å². The molecule has 3 heteroatoms. The summed E-state index contributed by atoms with van der Waals surface area (Å²) in [7, 11) is 0. The van der Waals surface area contributed by atoms with Gasteiger partial charge in [0, 0.05) is 22.0 Å². The normalized spacial score (nSPS) is 12.3. The lowest BCUT2D eigenvalue weighted by molar-refractivity contribution is 0.103. The first-order valence-corrected chi connectivity index (χ1v) is 5.24. The van der Waals surface area contributed by atoms with Crippen LogP contribution in [0.4, 0.5) is 5.69 Å². The van der Waals surface area contributed by atoms with E-state index in [-0.39, 0.29) is 12.5 Å². The van der Waals surface area contributed by atoms with Crippen molar-refractivity contribution in [3.63, 3.8) is 0 Å². The fourth-order valence-electron chi connectivity index (χ4n) is 2.11. The van der Waals surface area contributed by atoms with Crippen LogP contribution >= 0.6 is 0 Å². The molecule has 0 fully saturated rings. The van der Waals surface area contributed by atoms with Gasteiger partial charge in [-0.3, -0.25) is 4.79 Å². The summed E-state index contributed by atoms with van der Waals surface area (Å²) in [6.45, 7) is 0.222. The molecule has 0 unspecified atom stereocenters. The predicted molar refractivity (Wildman–Crippen MR) is 66.2 cm³/mol. The quantitative estimate of drug-likeness (QED) is 0.794. The topological polar surface area (TPSA) is 38.3 Å². The van der Waals surface area contributed by atoms with Gasteiger partial charge in [-0.25, -0.2) is 0 Å². The van der Waals surface area contributed by atoms with Gasteiger partial charge in [-0.2, -0.15) is 0 Å². The molecule has 0 aliphatic carbocycles. The number of hydrogen-bond acceptors (Lipinski definition) is 2. The van der Waals surface area contributed by atoms with Crippen molar-refractivity contribution >= 4 is 22.4 Å². The van der Waals surface area contributed by atoms with Gasteiger partial charge in [0.2, 0.25) is 0 Å². The Morgan fingerprint density at radius 3 is 3.00 bits per heavy atom. The lowest BCUT2D eigenvalue weighted by Crippen LogP contribution is -2.03. The zero-order valence-electron chi connectivity index (χ0n) is 8.99. The van der Waals surface area contributed by atoms with Crippen molar-refractivity contribution < 1.29 is 9.53 Å². The average molecular weight is 223 g/mol. The molecule has 3 nitrogen and oxygen atoms in total. The number of rotatable bonds is 2. The maximum absolute atomic E-state index is 11.7. The van der Waals surface area contributed by atoms with Gasteiger partial charge in [0.15, 0.2) is 0 Å². The molecule has 2 aromatic carbocycles. The standard InChI is InChI=1S/C14H9NO2/c1-2-8-17-12-7-6-11-13-9(12)4-3-5-10(13)14(16)15-11/h1,3-7H,8H2,(H,15,16). The third-order valence-electron chi connectivity index (χ3n) is 2.80. The summed E-state index contributed by atoms with van der Waals surface area (Å²) in [5.41, 5.74) is 1.51. The first-order chi connectivity index (χ1) is 8.31. The van der Waals surface area contributed by atoms with Crippen LogP contribution in [0.3, 0.4) is 0 Å². The fraction of sp³-hybridized carbons (Fsp3) is 0.0714. The minimum absolute atomic E-state index is 0.0697. The lowest BCUT2D eigenvalue weighted by atomic mass is 10.0. The van der Waals surface area contributed by atoms with Crippen molar-refractivity contribution in [2.75, 3.05) is 11.9 Å². The molecule has 1 amide bonds. The average Bonchev–Trinajstić information content (AvgIpc) is 2.68. The summed E-state index contributed by atoms with van der Waals surface area (Å²) in [5.74, 6) is 3.07. The SMILES string of the molecule is C#CCOc1ccc2c3c(cccc13)C(=O)N2. The Balaban J connectivity index is 2.26. The molecule has 0 aromatic heterocycles. The van der Waals surface area contributed by atoms with Crippen LogP contribution in [0, 0.1) is 12.3 Å². The highest BCUT2D eigenvalue weighted by Crippen LogP contribution is 2.37. The van der Waals surface area contributed by atoms with E-state index in [0.717, 1.165) is 16.5 Å². The van der Waals surface area contributed by atoms with Crippen molar-refractivity contribution in [2.45, 2.75) is 0 Å². The molecule has 3 rings (SSSR count). The monoisotopic (exact) mass is 223 g/mol. The minimum atomic E-state index is -0.0697. The summed E-state index contributed by atoms with van der Waals surface area (Å²) in [6.07, 6.45) is 5.17. The minimum Gasteiger partial charge on any atom is -0.480 e. The molecule has 1 N–H and O–H groups in total. The Morgan fingerprint density at radius 2 is 2.18 bits per heavy atom. The number of benzene rings is 2. The molecular weight excluding hydrogens is 214 g/mol. The van der Waals surface area contributed by atoms with Gasteiger partial charge in [0.25, 0.3) is 5.91 Å². The van der Waals surface area contributed by atoms with Gasteiger partial charge in [-0.15, -0.1) is 6.42 Å². The molecule has 0 spiro atoms. The number of carbonyl (C=O) groups excluding carboxylic acids is 1. The zero-order valence-corrected chi connectivity index (χ0v) is 8.99. The van der Waals surface area contributed by atoms with Crippen LogP contribution < -0.4 is 10.1 Å². The van der Waals surface area contributed by atoms with Crippen molar-refractivity contribution in [1.82, 2.24) is 0 Å². The Bertz CT molecular complexity index is 668.